The first-order chi connectivity index (χ1) is 20.5. The first kappa shape index (κ1) is 35.9. The molecule has 0 radical (unpaired) electrons. The third kappa shape index (κ3) is 11.1. The molecule has 1 saturated heterocycles. The van der Waals surface area contributed by atoms with Gasteiger partial charge < -0.3 is 33.2 Å². The van der Waals surface area contributed by atoms with Crippen LogP contribution in [0, 0.1) is 23.2 Å². The number of rotatable bonds is 18. The van der Waals surface area contributed by atoms with Gasteiger partial charge in [-0.1, -0.05) is 38.6 Å². The van der Waals surface area contributed by atoms with Gasteiger partial charge in [-0.15, -0.1) is 0 Å². The van der Waals surface area contributed by atoms with Crippen molar-refractivity contribution >= 4 is 26.3 Å². The van der Waals surface area contributed by atoms with Crippen LogP contribution in [0.4, 0.5) is 0 Å². The molecule has 246 valence electrons. The van der Waals surface area contributed by atoms with Crippen molar-refractivity contribution in [3.63, 3.8) is 0 Å². The lowest BCUT2D eigenvalue weighted by molar-refractivity contribution is -0.153. The Kier molecular flexibility index (Phi) is 14.3. The molecule has 3 rings (SSSR count). The van der Waals surface area contributed by atoms with E-state index in [0.717, 1.165) is 50.0 Å². The van der Waals surface area contributed by atoms with Gasteiger partial charge >= 0.3 is 11.9 Å². The maximum absolute atomic E-state index is 12.5. The monoisotopic (exact) mass is 624 g/mol. The second-order valence-electron chi connectivity index (χ2n) is 13.8. The van der Waals surface area contributed by atoms with Crippen molar-refractivity contribution in [2.45, 2.75) is 123 Å². The molecule has 43 heavy (non-hydrogen) atoms. The average molecular weight is 625 g/mol. The molecule has 0 N–H and O–H groups in total. The number of fused-ring (bicyclic) bond motifs is 3. The van der Waals surface area contributed by atoms with E-state index in [9.17, 15) is 14.4 Å². The first-order valence-electron chi connectivity index (χ1n) is 16.4. The van der Waals surface area contributed by atoms with E-state index in [4.69, 9.17) is 28.4 Å². The molecule has 0 aromatic heterocycles. The van der Waals surface area contributed by atoms with Gasteiger partial charge in [-0.05, 0) is 62.5 Å². The fourth-order valence-electron chi connectivity index (χ4n) is 7.20. The zero-order chi connectivity index (χ0) is 31.5. The van der Waals surface area contributed by atoms with E-state index < -0.39 is 19.6 Å². The van der Waals surface area contributed by atoms with Crippen molar-refractivity contribution in [1.82, 2.24) is 0 Å². The van der Waals surface area contributed by atoms with Crippen LogP contribution in [0.5, 0.6) is 0 Å². The smallest absolute Gasteiger partial charge is 0.303 e. The zero-order valence-corrected chi connectivity index (χ0v) is 28.4. The summed E-state index contributed by atoms with van der Waals surface area (Å²) in [5.74, 6) is -0.259. The summed E-state index contributed by atoms with van der Waals surface area (Å²) in [6, 6.07) is 1.10. The van der Waals surface area contributed by atoms with Crippen molar-refractivity contribution in [2.75, 3.05) is 33.2 Å². The summed E-state index contributed by atoms with van der Waals surface area (Å²) >= 11 is 0. The number of hydrogen-bond donors (Lipinski definition) is 0. The lowest BCUT2D eigenvalue weighted by Crippen LogP contribution is -2.44. The molecule has 3 aliphatic rings. The summed E-state index contributed by atoms with van der Waals surface area (Å²) in [6.45, 7) is 14.3. The first-order valence-corrected chi connectivity index (χ1v) is 20.1. The molecule has 1 spiro atoms. The van der Waals surface area contributed by atoms with Gasteiger partial charge in [0.1, 0.15) is 25.3 Å². The summed E-state index contributed by atoms with van der Waals surface area (Å²) in [4.78, 5) is 35.6. The Balaban J connectivity index is 1.89. The Bertz CT molecular complexity index is 932. The quantitative estimate of drug-likeness (QED) is 0.0449. The van der Waals surface area contributed by atoms with Gasteiger partial charge in [0, 0.05) is 65.9 Å². The molecular formula is C33H56O9Si. The molecule has 1 saturated carbocycles. The number of esters is 2. The predicted molar refractivity (Wildman–Crippen MR) is 166 cm³/mol. The van der Waals surface area contributed by atoms with Crippen LogP contribution in [0.25, 0.3) is 0 Å². The number of hydrogen-bond acceptors (Lipinski definition) is 9. The predicted octanol–water partition coefficient (Wildman–Crippen LogP) is 6.07. The zero-order valence-electron chi connectivity index (χ0n) is 27.4. The second kappa shape index (κ2) is 17.2. The summed E-state index contributed by atoms with van der Waals surface area (Å²) in [5.41, 5.74) is 0.644. The van der Waals surface area contributed by atoms with Gasteiger partial charge in [0.15, 0.2) is 6.29 Å². The van der Waals surface area contributed by atoms with Crippen molar-refractivity contribution in [3.05, 3.63) is 11.6 Å². The summed E-state index contributed by atoms with van der Waals surface area (Å²) in [5, 5.41) is 0. The molecule has 9 nitrogen and oxygen atoms in total. The van der Waals surface area contributed by atoms with E-state index in [1.54, 1.807) is 0 Å². The van der Waals surface area contributed by atoms with Crippen molar-refractivity contribution in [3.8, 4) is 0 Å². The van der Waals surface area contributed by atoms with Gasteiger partial charge in [-0.2, -0.15) is 0 Å². The van der Waals surface area contributed by atoms with Gasteiger partial charge in [0.2, 0.25) is 0 Å². The van der Waals surface area contributed by atoms with E-state index in [-0.39, 0.29) is 48.9 Å². The third-order valence-corrected chi connectivity index (χ3v) is 10.9. The van der Waals surface area contributed by atoms with E-state index in [0.29, 0.717) is 52.1 Å². The number of carbonyl (C=O) groups excluding carboxylic acids is 3. The molecule has 10 heteroatoms. The van der Waals surface area contributed by atoms with Crippen LogP contribution >= 0.6 is 0 Å². The fraction of sp³-hybridized carbons (Fsp3) is 0.848. The van der Waals surface area contributed by atoms with E-state index >= 15 is 0 Å². The van der Waals surface area contributed by atoms with Crippen molar-refractivity contribution in [1.29, 1.82) is 0 Å². The maximum Gasteiger partial charge on any atom is 0.303 e. The molecule has 0 aromatic rings. The summed E-state index contributed by atoms with van der Waals surface area (Å²) in [6.07, 6.45) is 9.28. The molecule has 1 heterocycles. The van der Waals surface area contributed by atoms with Crippen LogP contribution in [0.15, 0.2) is 11.6 Å². The van der Waals surface area contributed by atoms with E-state index in [1.165, 1.54) is 13.8 Å². The Morgan fingerprint density at radius 2 is 1.77 bits per heavy atom. The Labute approximate surface area is 259 Å². The Hall–Kier alpha value is -1.59. The average Bonchev–Trinajstić information content (AvgIpc) is 3.29. The van der Waals surface area contributed by atoms with Crippen LogP contribution in [-0.4, -0.2) is 78.0 Å². The Morgan fingerprint density at radius 1 is 1.02 bits per heavy atom. The molecule has 7 atom stereocenters. The standard InChI is InChI=1S/C33H56O9Si/c1-7-39-31-21-33(22-40-31)20-27(41-24(2)35)19-29-28(13-15-37-23-38-16-17-43(4,5)6)26(12-10-8-9-11-14-34)18-30(33)32(29)42-25(3)36/h14,18,26-29,31-32H,7-13,15-17,19-23H2,1-6H3/t26-,27+,28+,29-,31?,32+,33+/m0/s1. The number of ether oxygens (including phenoxy) is 6. The fourth-order valence-corrected chi connectivity index (χ4v) is 7.96. The van der Waals surface area contributed by atoms with Gasteiger partial charge in [-0.3, -0.25) is 9.59 Å². The largest absolute Gasteiger partial charge is 0.463 e. The highest BCUT2D eigenvalue weighted by atomic mass is 28.3. The second-order valence-corrected chi connectivity index (χ2v) is 19.5. The Morgan fingerprint density at radius 3 is 2.44 bits per heavy atom. The topological polar surface area (TPSA) is 107 Å². The normalized spacial score (nSPS) is 30.5. The number of unbranched alkanes of at least 4 members (excludes halogenated alkanes) is 3. The molecule has 2 aliphatic carbocycles. The van der Waals surface area contributed by atoms with Gasteiger partial charge in [-0.25, -0.2) is 0 Å². The minimum atomic E-state index is -1.17. The molecule has 2 bridgehead atoms. The highest BCUT2D eigenvalue weighted by Crippen LogP contribution is 2.56. The number of allylic oxidation sites excluding steroid dienone is 1. The van der Waals surface area contributed by atoms with Gasteiger partial charge in [0.05, 0.1) is 6.61 Å². The summed E-state index contributed by atoms with van der Waals surface area (Å²) < 4.78 is 35.9. The molecule has 1 aliphatic heterocycles. The lowest BCUT2D eigenvalue weighted by atomic mass is 9.63. The lowest BCUT2D eigenvalue weighted by Gasteiger charge is -2.44. The van der Waals surface area contributed by atoms with Crippen LogP contribution in [0.2, 0.25) is 25.7 Å². The number of carbonyl (C=O) groups is 3. The highest BCUT2D eigenvalue weighted by Gasteiger charge is 2.56. The molecule has 1 unspecified atom stereocenters. The highest BCUT2D eigenvalue weighted by molar-refractivity contribution is 6.76. The van der Waals surface area contributed by atoms with Crippen LogP contribution in [0.3, 0.4) is 0 Å². The minimum Gasteiger partial charge on any atom is -0.463 e. The van der Waals surface area contributed by atoms with E-state index in [2.05, 4.69) is 25.7 Å². The summed E-state index contributed by atoms with van der Waals surface area (Å²) in [7, 11) is -1.17. The SMILES string of the molecule is CCOC1C[C@@]2(CO1)C[C@H](OC(C)=O)C[C@H]1[C@H](CCOCOCC[Si](C)(C)C)[C@@H](CCCCCC=O)C=C2[C@@H]1OC(C)=O. The molecule has 0 aromatic carbocycles. The molecule has 0 amide bonds. The minimum absolute atomic E-state index is 0.0323. The van der Waals surface area contributed by atoms with Crippen molar-refractivity contribution in [2.24, 2.45) is 23.2 Å². The van der Waals surface area contributed by atoms with Crippen LogP contribution in [0.1, 0.15) is 78.6 Å². The van der Waals surface area contributed by atoms with Crippen molar-refractivity contribution < 1.29 is 42.8 Å². The third-order valence-electron chi connectivity index (χ3n) is 9.15. The molecule has 2 fully saturated rings. The molecular weight excluding hydrogens is 568 g/mol. The maximum atomic E-state index is 12.5. The number of aldehydes is 1. The van der Waals surface area contributed by atoms with E-state index in [1.807, 2.05) is 6.92 Å². The van der Waals surface area contributed by atoms with Gasteiger partial charge in [0.25, 0.3) is 0 Å². The van der Waals surface area contributed by atoms with Crippen LogP contribution < -0.4 is 0 Å². The van der Waals surface area contributed by atoms with Crippen LogP contribution in [-0.2, 0) is 42.8 Å².